The van der Waals surface area contributed by atoms with Gasteiger partial charge >= 0.3 is 25.9 Å². The van der Waals surface area contributed by atoms with Crippen LogP contribution in [0.15, 0.2) is 4.79 Å². The molecule has 2 N–H and O–H groups in total. The van der Waals surface area contributed by atoms with Gasteiger partial charge in [-0.25, -0.2) is 19.3 Å². The van der Waals surface area contributed by atoms with Crippen LogP contribution in [0.25, 0.3) is 0 Å². The average molecular weight is 661 g/mol. The number of nitrogens with one attached hydrogen (secondary N) is 1. The van der Waals surface area contributed by atoms with Gasteiger partial charge in [-0.05, 0) is 68.7 Å². The van der Waals surface area contributed by atoms with E-state index in [0.29, 0.717) is 4.90 Å². The van der Waals surface area contributed by atoms with Crippen molar-refractivity contribution in [2.24, 2.45) is 5.92 Å². The largest absolute Gasteiger partial charge is 0.443 e. The van der Waals surface area contributed by atoms with E-state index in [2.05, 4.69) is 9.97 Å². The molecule has 4 rings (SSSR count). The molecule has 0 radical (unpaired) electrons. The zero-order valence-corrected chi connectivity index (χ0v) is 27.8. The number of hydrogen-bond donors (Lipinski definition) is 2. The molecule has 18 heteroatoms. The van der Waals surface area contributed by atoms with E-state index in [0.717, 1.165) is 4.90 Å². The third-order valence-corrected chi connectivity index (χ3v) is 8.08. The van der Waals surface area contributed by atoms with Gasteiger partial charge in [-0.3, -0.25) is 18.9 Å². The summed E-state index contributed by atoms with van der Waals surface area (Å²) in [4.78, 5) is 62.0. The van der Waals surface area contributed by atoms with Gasteiger partial charge in [0.25, 0.3) is 5.56 Å². The van der Waals surface area contributed by atoms with Crippen LogP contribution in [0, 0.1) is 5.92 Å². The highest BCUT2D eigenvalue weighted by atomic mass is 31.2. The number of aromatic amines is 1. The molecule has 3 amide bonds. The molecule has 0 aromatic carbocycles. The number of rotatable bonds is 2. The smallest absolute Gasteiger partial charge is 0.427 e. The molecule has 17 nitrogen and oxygen atoms in total. The Hall–Kier alpha value is -3.08. The molecular weight excluding hydrogens is 619 g/mol. The van der Waals surface area contributed by atoms with E-state index in [1.165, 1.54) is 7.11 Å². The number of anilines is 2. The Bertz CT molecular complexity index is 1420. The third kappa shape index (κ3) is 7.67. The highest BCUT2D eigenvalue weighted by Gasteiger charge is 2.57. The predicted molar refractivity (Wildman–Crippen MR) is 156 cm³/mol. The second kappa shape index (κ2) is 11.9. The van der Waals surface area contributed by atoms with Crippen molar-refractivity contribution in [2.75, 3.05) is 23.3 Å². The van der Waals surface area contributed by atoms with Crippen LogP contribution in [0.2, 0.25) is 0 Å². The topological polar surface area (TPSA) is 205 Å². The number of nitrogens with zero attached hydrogens (tertiary/aromatic N) is 3. The van der Waals surface area contributed by atoms with Gasteiger partial charge in [0, 0.05) is 13.0 Å². The molecule has 0 spiro atoms. The van der Waals surface area contributed by atoms with E-state index in [1.54, 1.807) is 62.3 Å². The van der Waals surface area contributed by atoms with Crippen LogP contribution in [-0.4, -0.2) is 88.3 Å². The molecule has 4 heterocycles. The van der Waals surface area contributed by atoms with Crippen LogP contribution in [0.5, 0.6) is 0 Å². The second-order valence-corrected chi connectivity index (χ2v) is 15.8. The number of aliphatic hydroxyl groups is 1. The van der Waals surface area contributed by atoms with Gasteiger partial charge in [-0.2, -0.15) is 4.98 Å². The van der Waals surface area contributed by atoms with Crippen molar-refractivity contribution in [1.29, 1.82) is 0 Å². The van der Waals surface area contributed by atoms with E-state index in [-0.39, 0.29) is 17.8 Å². The molecular formula is C27H41N4O13P. The van der Waals surface area contributed by atoms with Crippen molar-refractivity contribution in [3.8, 4) is 0 Å². The zero-order chi connectivity index (χ0) is 33.9. The van der Waals surface area contributed by atoms with Crippen molar-refractivity contribution in [2.45, 2.75) is 110 Å². The number of H-pyrrole nitrogens is 1. The fraction of sp³-hybridized carbons (Fsp3) is 0.741. The van der Waals surface area contributed by atoms with Gasteiger partial charge in [0.15, 0.2) is 24.7 Å². The summed E-state index contributed by atoms with van der Waals surface area (Å²) >= 11 is 0. The Morgan fingerprint density at radius 2 is 1.56 bits per heavy atom. The molecule has 3 aliphatic heterocycles. The molecule has 2 saturated heterocycles. The van der Waals surface area contributed by atoms with E-state index in [4.69, 9.17) is 32.7 Å². The standard InChI is InChI=1S/C27H41N4O13P/c1-25(2,3)41-22(34)30-17-14(11-13-15(32)16-20(40-19(13)30)39-12-45(37,38-10)44-16)18(33)29-21(28-17)31(23(35)42-26(4,5)6)24(36)43-27(7,8)9/h13,15-16,19-20,32H,11-12H2,1-10H3,(H,28,29,33)/t13-,15+,16+,19+,20-,45?/m0/s1. The summed E-state index contributed by atoms with van der Waals surface area (Å²) in [6, 6.07) is 0. The Balaban J connectivity index is 1.85. The minimum absolute atomic E-state index is 0.105. The number of carbonyl (C=O) groups is 3. The van der Waals surface area contributed by atoms with Crippen molar-refractivity contribution < 1.29 is 56.8 Å². The van der Waals surface area contributed by atoms with Crippen LogP contribution in [0.3, 0.4) is 0 Å². The molecule has 0 saturated carbocycles. The quantitative estimate of drug-likeness (QED) is 0.343. The Kier molecular flexibility index (Phi) is 9.23. The van der Waals surface area contributed by atoms with Crippen LogP contribution < -0.4 is 15.4 Å². The minimum Gasteiger partial charge on any atom is -0.443 e. The Labute approximate surface area is 259 Å². The van der Waals surface area contributed by atoms with Crippen LogP contribution in [0.1, 0.15) is 67.9 Å². The van der Waals surface area contributed by atoms with Gasteiger partial charge in [0.05, 0.1) is 11.7 Å². The first-order valence-electron chi connectivity index (χ1n) is 14.2. The maximum atomic E-state index is 13.7. The van der Waals surface area contributed by atoms with Crippen molar-refractivity contribution in [1.82, 2.24) is 9.97 Å². The first-order valence-corrected chi connectivity index (χ1v) is 15.9. The van der Waals surface area contributed by atoms with Gasteiger partial charge < -0.3 is 33.3 Å². The number of hydrogen-bond acceptors (Lipinski definition) is 14. The highest BCUT2D eigenvalue weighted by molar-refractivity contribution is 7.53. The highest BCUT2D eigenvalue weighted by Crippen LogP contribution is 2.55. The van der Waals surface area contributed by atoms with E-state index >= 15 is 0 Å². The molecule has 45 heavy (non-hydrogen) atoms. The molecule has 6 atom stereocenters. The number of amides is 3. The summed E-state index contributed by atoms with van der Waals surface area (Å²) in [5.41, 5.74) is -4.10. The normalized spacial score (nSPS) is 28.2. The van der Waals surface area contributed by atoms with Gasteiger partial charge in [-0.15, -0.1) is 4.90 Å². The lowest BCUT2D eigenvalue weighted by Gasteiger charge is -2.51. The zero-order valence-electron chi connectivity index (χ0n) is 26.9. The van der Waals surface area contributed by atoms with Crippen molar-refractivity contribution in [3.05, 3.63) is 15.9 Å². The summed E-state index contributed by atoms with van der Waals surface area (Å²) in [5, 5.41) is 11.4. The molecule has 0 aliphatic carbocycles. The van der Waals surface area contributed by atoms with Gasteiger partial charge in [0.2, 0.25) is 5.95 Å². The molecule has 0 bridgehead atoms. The summed E-state index contributed by atoms with van der Waals surface area (Å²) in [5.74, 6) is -1.95. The molecule has 1 unspecified atom stereocenters. The first-order chi connectivity index (χ1) is 20.5. The number of imide groups is 1. The number of fused-ring (bicyclic) bond motifs is 3. The Morgan fingerprint density at radius 1 is 1.00 bits per heavy atom. The SMILES string of the molecule is COP1(=O)CO[C@H]2O[C@@H]3[C@@H](Cc4c(nc(N(C(=O)OC(C)(C)C)C(=O)OC(C)(C)C)[nH]c4=O)N3C(=O)OC(C)(C)C)[C@@H](O)[C@H]2O1. The maximum absolute atomic E-state index is 13.7. The summed E-state index contributed by atoms with van der Waals surface area (Å²) in [7, 11) is -2.54. The Morgan fingerprint density at radius 3 is 2.07 bits per heavy atom. The van der Waals surface area contributed by atoms with Crippen molar-refractivity contribution in [3.63, 3.8) is 0 Å². The number of aromatic nitrogens is 2. The number of aliphatic hydroxyl groups excluding tert-OH is 1. The van der Waals surface area contributed by atoms with E-state index in [1.807, 2.05) is 0 Å². The van der Waals surface area contributed by atoms with Crippen LogP contribution in [-0.2, 0) is 43.7 Å². The predicted octanol–water partition coefficient (Wildman–Crippen LogP) is 3.62. The fourth-order valence-electron chi connectivity index (χ4n) is 4.77. The maximum Gasteiger partial charge on any atom is 0.427 e. The van der Waals surface area contributed by atoms with E-state index < -0.39 is 91.2 Å². The lowest BCUT2D eigenvalue weighted by Crippen LogP contribution is -2.65. The fourth-order valence-corrected chi connectivity index (χ4v) is 5.95. The lowest BCUT2D eigenvalue weighted by molar-refractivity contribution is -0.288. The molecule has 1 aromatic rings. The lowest BCUT2D eigenvalue weighted by atomic mass is 9.84. The molecule has 1 aromatic heterocycles. The molecule has 252 valence electrons. The minimum atomic E-state index is -3.71. The average Bonchev–Trinajstić information content (AvgIpc) is 2.85. The summed E-state index contributed by atoms with van der Waals surface area (Å²) < 4.78 is 51.3. The van der Waals surface area contributed by atoms with E-state index in [9.17, 15) is 28.8 Å². The number of ether oxygens (including phenoxy) is 5. The third-order valence-electron chi connectivity index (χ3n) is 6.50. The first kappa shape index (κ1) is 34.8. The number of carbonyl (C=O) groups excluding carboxylic acids is 3. The van der Waals surface area contributed by atoms with Gasteiger partial charge in [-0.1, -0.05) is 0 Å². The summed E-state index contributed by atoms with van der Waals surface area (Å²) in [6.07, 6.45) is -9.53. The second-order valence-electron chi connectivity index (χ2n) is 13.8. The van der Waals surface area contributed by atoms with Crippen molar-refractivity contribution >= 4 is 37.6 Å². The summed E-state index contributed by atoms with van der Waals surface area (Å²) in [6.45, 7) is 14.3. The molecule has 3 aliphatic rings. The monoisotopic (exact) mass is 660 g/mol. The van der Waals surface area contributed by atoms with Crippen LogP contribution in [0.4, 0.5) is 26.1 Å². The van der Waals surface area contributed by atoms with Crippen LogP contribution >= 0.6 is 7.60 Å². The van der Waals surface area contributed by atoms with Gasteiger partial charge in [0.1, 0.15) is 22.9 Å². The molecule has 2 fully saturated rings.